The van der Waals surface area contributed by atoms with E-state index in [0.717, 1.165) is 17.9 Å². The molecule has 1 fully saturated rings. The first-order valence-electron chi connectivity index (χ1n) is 9.25. The number of amides is 1. The van der Waals surface area contributed by atoms with E-state index in [2.05, 4.69) is 4.90 Å². The lowest BCUT2D eigenvalue weighted by Crippen LogP contribution is -2.57. The minimum atomic E-state index is -0.256. The highest BCUT2D eigenvalue weighted by atomic mass is 19.1. The molecule has 0 bridgehead atoms. The molecular formula is C21H23FN2O3. The van der Waals surface area contributed by atoms with E-state index in [-0.39, 0.29) is 24.4 Å². The van der Waals surface area contributed by atoms with E-state index in [1.165, 1.54) is 6.07 Å². The summed E-state index contributed by atoms with van der Waals surface area (Å²) in [5.41, 5.74) is 1.66. The number of carbonyl (C=O) groups is 1. The second kappa shape index (κ2) is 8.06. The molecule has 27 heavy (non-hydrogen) atoms. The Bertz CT molecular complexity index is 808. The number of hydrogen-bond acceptors (Lipinski definition) is 4. The Morgan fingerprint density at radius 3 is 2.78 bits per heavy atom. The summed E-state index contributed by atoms with van der Waals surface area (Å²) in [4.78, 5) is 16.4. The van der Waals surface area contributed by atoms with Crippen LogP contribution in [0, 0.1) is 5.82 Å². The number of halogens is 1. The summed E-state index contributed by atoms with van der Waals surface area (Å²) in [6, 6.07) is 14.5. The molecule has 2 aromatic carbocycles. The van der Waals surface area contributed by atoms with E-state index in [1.54, 1.807) is 23.1 Å². The number of para-hydroxylation sites is 1. The minimum Gasteiger partial charge on any atom is -0.492 e. The van der Waals surface area contributed by atoms with Gasteiger partial charge < -0.3 is 14.4 Å². The van der Waals surface area contributed by atoms with E-state index in [1.807, 2.05) is 24.3 Å². The molecule has 0 aliphatic carbocycles. The van der Waals surface area contributed by atoms with Crippen molar-refractivity contribution in [3.05, 3.63) is 65.5 Å². The van der Waals surface area contributed by atoms with Crippen LogP contribution >= 0.6 is 0 Å². The molecule has 0 atom stereocenters. The van der Waals surface area contributed by atoms with Gasteiger partial charge in [-0.3, -0.25) is 9.69 Å². The van der Waals surface area contributed by atoms with Crippen molar-refractivity contribution in [3.63, 3.8) is 0 Å². The van der Waals surface area contributed by atoms with Crippen molar-refractivity contribution in [3.8, 4) is 5.75 Å². The molecule has 6 heteroatoms. The van der Waals surface area contributed by atoms with Gasteiger partial charge in [-0.1, -0.05) is 36.4 Å². The molecule has 0 saturated carbocycles. The molecule has 0 N–H and O–H groups in total. The van der Waals surface area contributed by atoms with Gasteiger partial charge in [0.05, 0.1) is 19.3 Å². The van der Waals surface area contributed by atoms with E-state index in [4.69, 9.17) is 9.47 Å². The average molecular weight is 370 g/mol. The first-order valence-corrected chi connectivity index (χ1v) is 9.25. The van der Waals surface area contributed by atoms with Crippen molar-refractivity contribution in [2.75, 3.05) is 32.8 Å². The van der Waals surface area contributed by atoms with Gasteiger partial charge >= 0.3 is 0 Å². The third-order valence-electron chi connectivity index (χ3n) is 5.02. The van der Waals surface area contributed by atoms with E-state index >= 15 is 0 Å². The van der Waals surface area contributed by atoms with E-state index in [0.29, 0.717) is 38.3 Å². The Balaban J connectivity index is 1.23. The fourth-order valence-electron chi connectivity index (χ4n) is 3.38. The second-order valence-electron chi connectivity index (χ2n) is 6.99. The van der Waals surface area contributed by atoms with Gasteiger partial charge in [-0.2, -0.15) is 0 Å². The highest BCUT2D eigenvalue weighted by Crippen LogP contribution is 2.23. The highest BCUT2D eigenvalue weighted by Gasteiger charge is 2.32. The maximum Gasteiger partial charge on any atom is 0.236 e. The molecule has 1 amide bonds. The van der Waals surface area contributed by atoms with Gasteiger partial charge in [0, 0.05) is 37.3 Å². The smallest absolute Gasteiger partial charge is 0.236 e. The molecule has 2 heterocycles. The quantitative estimate of drug-likeness (QED) is 0.811. The molecule has 142 valence electrons. The molecule has 0 radical (unpaired) electrons. The first-order chi connectivity index (χ1) is 13.2. The van der Waals surface area contributed by atoms with Crippen molar-refractivity contribution in [1.29, 1.82) is 0 Å². The number of carbonyl (C=O) groups excluding carboxylic acids is 1. The number of benzene rings is 2. The number of hydrogen-bond donors (Lipinski definition) is 0. The topological polar surface area (TPSA) is 42.0 Å². The molecule has 1 saturated heterocycles. The Kier molecular flexibility index (Phi) is 5.36. The third kappa shape index (κ3) is 4.28. The second-order valence-corrected chi connectivity index (χ2v) is 6.99. The lowest BCUT2D eigenvalue weighted by molar-refractivity contribution is -0.147. The monoisotopic (exact) mass is 370 g/mol. The van der Waals surface area contributed by atoms with Crippen molar-refractivity contribution < 1.29 is 18.7 Å². The molecule has 4 rings (SSSR count). The minimum absolute atomic E-state index is 0.0262. The van der Waals surface area contributed by atoms with Crippen molar-refractivity contribution in [2.45, 2.75) is 19.3 Å². The lowest BCUT2D eigenvalue weighted by Gasteiger charge is -2.39. The van der Waals surface area contributed by atoms with Gasteiger partial charge in [0.2, 0.25) is 5.91 Å². The largest absolute Gasteiger partial charge is 0.492 e. The summed E-state index contributed by atoms with van der Waals surface area (Å²) in [6.07, 6.45) is -0.0262. The van der Waals surface area contributed by atoms with Crippen LogP contribution in [0.1, 0.15) is 11.1 Å². The van der Waals surface area contributed by atoms with E-state index in [9.17, 15) is 9.18 Å². The van der Waals surface area contributed by atoms with Crippen LogP contribution in [0.4, 0.5) is 4.39 Å². The SMILES string of the molecule is O=C(CN1CCOc2ccccc2C1)N1CC(OCc2ccccc2F)C1. The number of fused-ring (bicyclic) bond motifs is 1. The van der Waals surface area contributed by atoms with Crippen LogP contribution in [-0.4, -0.2) is 54.6 Å². The number of rotatable bonds is 5. The Hall–Kier alpha value is -2.44. The standard InChI is InChI=1S/C21H23FN2O3/c22-19-7-3-1-6-17(19)15-27-18-12-24(13-18)21(25)14-23-9-10-26-20-8-4-2-5-16(20)11-23/h1-8,18H,9-15H2. The third-order valence-corrected chi connectivity index (χ3v) is 5.02. The van der Waals surface area contributed by atoms with Crippen LogP contribution in [-0.2, 0) is 22.7 Å². The maximum absolute atomic E-state index is 13.6. The van der Waals surface area contributed by atoms with Gasteiger partial charge in [-0.05, 0) is 12.1 Å². The Labute approximate surface area is 158 Å². The number of likely N-dealkylation sites (tertiary alicyclic amines) is 1. The molecule has 2 aliphatic heterocycles. The molecule has 0 aromatic heterocycles. The zero-order valence-corrected chi connectivity index (χ0v) is 15.1. The normalized spacial score (nSPS) is 17.6. The number of ether oxygens (including phenoxy) is 2. The summed E-state index contributed by atoms with van der Waals surface area (Å²) < 4.78 is 25.1. The zero-order chi connectivity index (χ0) is 18.6. The number of nitrogens with zero attached hydrogens (tertiary/aromatic N) is 2. The Morgan fingerprint density at radius 2 is 1.93 bits per heavy atom. The Morgan fingerprint density at radius 1 is 1.15 bits per heavy atom. The van der Waals surface area contributed by atoms with Crippen LogP contribution in [0.5, 0.6) is 5.75 Å². The van der Waals surface area contributed by atoms with Crippen molar-refractivity contribution >= 4 is 5.91 Å². The molecule has 2 aromatic rings. The predicted molar refractivity (Wildman–Crippen MR) is 98.8 cm³/mol. The maximum atomic E-state index is 13.6. The molecule has 0 spiro atoms. The average Bonchev–Trinajstić information content (AvgIpc) is 2.83. The van der Waals surface area contributed by atoms with Crippen LogP contribution in [0.15, 0.2) is 48.5 Å². The highest BCUT2D eigenvalue weighted by molar-refractivity contribution is 5.79. The van der Waals surface area contributed by atoms with Gasteiger partial charge in [-0.25, -0.2) is 4.39 Å². The van der Waals surface area contributed by atoms with Gasteiger partial charge in [0.15, 0.2) is 0 Å². The molecular weight excluding hydrogens is 347 g/mol. The molecule has 2 aliphatic rings. The van der Waals surface area contributed by atoms with Crippen molar-refractivity contribution in [2.24, 2.45) is 0 Å². The summed E-state index contributed by atoms with van der Waals surface area (Å²) in [5.74, 6) is 0.742. The molecule has 5 nitrogen and oxygen atoms in total. The fraction of sp³-hybridized carbons (Fsp3) is 0.381. The van der Waals surface area contributed by atoms with Gasteiger partial charge in [0.1, 0.15) is 18.2 Å². The first kappa shape index (κ1) is 17.9. The summed E-state index contributed by atoms with van der Waals surface area (Å²) in [6.45, 7) is 3.75. The van der Waals surface area contributed by atoms with Crippen LogP contribution in [0.2, 0.25) is 0 Å². The van der Waals surface area contributed by atoms with Gasteiger partial charge in [-0.15, -0.1) is 0 Å². The van der Waals surface area contributed by atoms with Crippen LogP contribution < -0.4 is 4.74 Å². The van der Waals surface area contributed by atoms with Crippen LogP contribution in [0.3, 0.4) is 0 Å². The van der Waals surface area contributed by atoms with Gasteiger partial charge in [0.25, 0.3) is 0 Å². The summed E-state index contributed by atoms with van der Waals surface area (Å²) in [7, 11) is 0. The lowest BCUT2D eigenvalue weighted by atomic mass is 10.1. The summed E-state index contributed by atoms with van der Waals surface area (Å²) in [5, 5.41) is 0. The predicted octanol–water partition coefficient (Wildman–Crippen LogP) is 2.45. The molecule has 0 unspecified atom stereocenters. The van der Waals surface area contributed by atoms with E-state index < -0.39 is 0 Å². The van der Waals surface area contributed by atoms with Crippen LogP contribution in [0.25, 0.3) is 0 Å². The zero-order valence-electron chi connectivity index (χ0n) is 15.1. The van der Waals surface area contributed by atoms with Crippen molar-refractivity contribution in [1.82, 2.24) is 9.80 Å². The summed E-state index contributed by atoms with van der Waals surface area (Å²) >= 11 is 0. The fourth-order valence-corrected chi connectivity index (χ4v) is 3.38.